The van der Waals surface area contributed by atoms with Crippen molar-refractivity contribution in [2.75, 3.05) is 82.5 Å². The number of hydrogen-bond acceptors (Lipinski definition) is 11. The molecular formula is C44H56N6O6S. The van der Waals surface area contributed by atoms with Crippen molar-refractivity contribution in [2.24, 2.45) is 0 Å². The van der Waals surface area contributed by atoms with Gasteiger partial charge in [-0.25, -0.2) is 0 Å². The van der Waals surface area contributed by atoms with Crippen LogP contribution in [0.5, 0.6) is 11.5 Å². The number of fused-ring (bicyclic) bond motifs is 2. The maximum Gasteiger partial charge on any atom is 0.262 e. The minimum absolute atomic E-state index is 0.000746. The Bertz CT molecular complexity index is 1990. The number of likely N-dealkylation sites (tertiary alicyclic amines) is 1. The maximum atomic E-state index is 13.4. The summed E-state index contributed by atoms with van der Waals surface area (Å²) < 4.78 is 24.2. The number of aromatic hydroxyl groups is 1. The molecule has 4 aliphatic rings. The Morgan fingerprint density at radius 2 is 1.86 bits per heavy atom. The largest absolute Gasteiger partial charge is 0.506 e. The highest BCUT2D eigenvalue weighted by molar-refractivity contribution is 7.13. The predicted molar refractivity (Wildman–Crippen MR) is 223 cm³/mol. The van der Waals surface area contributed by atoms with Crippen molar-refractivity contribution < 1.29 is 28.9 Å². The van der Waals surface area contributed by atoms with Gasteiger partial charge in [-0.1, -0.05) is 55.3 Å². The Balaban J connectivity index is 0.742. The standard InChI is InChI=1S/C44H56N6O6S/c51-37-13-12-34(42-41(37)46-39(52)30-55-42)14-19-45-20-23-50(35-8-1-2-9-35)40(53)16-26-54-25-15-32-6-5-7-33(28-32)29-48-21-17-44(18-22-48)31-49(24-27-56-44)43-36-10-3-4-11-38(36)57-47-43/h3-7,10-13,28,35,45,51H,1-2,8-9,14-27,29-31H2,(H,46,52). The van der Waals surface area contributed by atoms with Crippen LogP contribution in [0.4, 0.5) is 11.5 Å². The Kier molecular flexibility index (Phi) is 12.9. The topological polar surface area (TPSA) is 129 Å². The second-order valence-corrected chi connectivity index (χ2v) is 16.8. The lowest BCUT2D eigenvalue weighted by atomic mass is 9.89. The zero-order chi connectivity index (χ0) is 39.0. The zero-order valence-corrected chi connectivity index (χ0v) is 33.7. The van der Waals surface area contributed by atoms with Crippen LogP contribution in [0.15, 0.2) is 60.7 Å². The van der Waals surface area contributed by atoms with E-state index in [9.17, 15) is 14.7 Å². The van der Waals surface area contributed by atoms with Gasteiger partial charge in [0.05, 0.1) is 36.5 Å². The molecule has 3 N–H and O–H groups in total. The number of morpholine rings is 1. The van der Waals surface area contributed by atoms with Crippen LogP contribution >= 0.6 is 11.5 Å². The van der Waals surface area contributed by atoms with Crippen LogP contribution in [0.25, 0.3) is 10.1 Å². The predicted octanol–water partition coefficient (Wildman–Crippen LogP) is 5.76. The molecule has 3 aromatic carbocycles. The molecule has 13 heteroatoms. The first-order chi connectivity index (χ1) is 27.9. The van der Waals surface area contributed by atoms with Crippen molar-refractivity contribution >= 4 is 44.9 Å². The van der Waals surface area contributed by atoms with E-state index in [1.165, 1.54) is 21.2 Å². The van der Waals surface area contributed by atoms with Gasteiger partial charge in [-0.2, -0.15) is 4.37 Å². The van der Waals surface area contributed by atoms with E-state index >= 15 is 0 Å². The van der Waals surface area contributed by atoms with E-state index in [4.69, 9.17) is 18.6 Å². The minimum atomic E-state index is -0.275. The molecule has 3 aliphatic heterocycles. The average molecular weight is 797 g/mol. The van der Waals surface area contributed by atoms with E-state index in [1.54, 1.807) is 17.6 Å². The molecule has 1 aliphatic carbocycles. The van der Waals surface area contributed by atoms with Crippen LogP contribution in [0.2, 0.25) is 0 Å². The Hall–Kier alpha value is -4.27. The number of anilines is 2. The molecule has 3 fully saturated rings. The van der Waals surface area contributed by atoms with Crippen LogP contribution in [-0.4, -0.2) is 115 Å². The number of phenols is 1. The van der Waals surface area contributed by atoms with E-state index in [0.29, 0.717) is 63.2 Å². The average Bonchev–Trinajstić information content (AvgIpc) is 3.92. The third-order valence-corrected chi connectivity index (χ3v) is 12.9. The molecule has 1 saturated carbocycles. The number of carbonyl (C=O) groups excluding carboxylic acids is 2. The fraction of sp³-hybridized carbons (Fsp3) is 0.523. The van der Waals surface area contributed by atoms with Gasteiger partial charge < -0.3 is 39.8 Å². The third kappa shape index (κ3) is 9.72. The molecule has 1 spiro atoms. The second kappa shape index (κ2) is 18.5. The molecule has 2 saturated heterocycles. The van der Waals surface area contributed by atoms with E-state index in [1.807, 2.05) is 6.07 Å². The van der Waals surface area contributed by atoms with Gasteiger partial charge in [0.2, 0.25) is 5.91 Å². The summed E-state index contributed by atoms with van der Waals surface area (Å²) in [6.45, 7) is 8.46. The monoisotopic (exact) mass is 796 g/mol. The number of aromatic nitrogens is 1. The fourth-order valence-corrected chi connectivity index (χ4v) is 9.77. The van der Waals surface area contributed by atoms with Crippen LogP contribution < -0.4 is 20.3 Å². The van der Waals surface area contributed by atoms with Gasteiger partial charge >= 0.3 is 0 Å². The molecule has 57 heavy (non-hydrogen) atoms. The quantitative estimate of drug-likeness (QED) is 0.0952. The molecule has 0 unspecified atom stereocenters. The van der Waals surface area contributed by atoms with Crippen LogP contribution in [0.1, 0.15) is 61.6 Å². The number of nitrogens with zero attached hydrogens (tertiary/aromatic N) is 4. The van der Waals surface area contributed by atoms with Gasteiger partial charge in [0.1, 0.15) is 17.3 Å². The number of nitrogens with one attached hydrogen (secondary N) is 2. The van der Waals surface area contributed by atoms with Gasteiger partial charge in [-0.3, -0.25) is 14.5 Å². The van der Waals surface area contributed by atoms with Crippen molar-refractivity contribution in [1.82, 2.24) is 19.5 Å². The Labute approximate surface area is 339 Å². The summed E-state index contributed by atoms with van der Waals surface area (Å²) in [5.74, 6) is 1.52. The lowest BCUT2D eigenvalue weighted by molar-refractivity contribution is -0.134. The van der Waals surface area contributed by atoms with Gasteiger partial charge in [-0.05, 0) is 91.5 Å². The first kappa shape index (κ1) is 39.6. The highest BCUT2D eigenvalue weighted by atomic mass is 32.1. The van der Waals surface area contributed by atoms with Crippen molar-refractivity contribution in [3.8, 4) is 11.5 Å². The number of piperidine rings is 1. The van der Waals surface area contributed by atoms with E-state index in [0.717, 1.165) is 95.7 Å². The minimum Gasteiger partial charge on any atom is -0.506 e. The lowest BCUT2D eigenvalue weighted by Gasteiger charge is -2.47. The maximum absolute atomic E-state index is 13.4. The molecule has 304 valence electrons. The van der Waals surface area contributed by atoms with Gasteiger partial charge in [-0.15, -0.1) is 0 Å². The van der Waals surface area contributed by atoms with E-state index in [2.05, 4.69) is 73.9 Å². The first-order valence-electron chi connectivity index (χ1n) is 20.8. The molecule has 2 amide bonds. The Morgan fingerprint density at radius 1 is 1.02 bits per heavy atom. The highest BCUT2D eigenvalue weighted by Gasteiger charge is 2.40. The molecule has 12 nitrogen and oxygen atoms in total. The summed E-state index contributed by atoms with van der Waals surface area (Å²) in [6, 6.07) is 21.1. The second-order valence-electron chi connectivity index (χ2n) is 16.0. The summed E-state index contributed by atoms with van der Waals surface area (Å²) in [5.41, 5.74) is 3.73. The SMILES string of the molecule is O=C1COc2c(CCNCCN(C(=O)CCOCCc3cccc(CN4CCC5(CC4)CN(c4nsc6ccccc46)CCO5)c3)C3CCCC3)ccc(O)c2N1. The van der Waals surface area contributed by atoms with E-state index in [-0.39, 0.29) is 29.8 Å². The van der Waals surface area contributed by atoms with Crippen LogP contribution in [0, 0.1) is 0 Å². The van der Waals surface area contributed by atoms with Crippen molar-refractivity contribution in [3.63, 3.8) is 0 Å². The van der Waals surface area contributed by atoms with E-state index < -0.39 is 0 Å². The molecule has 4 aromatic rings. The molecule has 0 atom stereocenters. The van der Waals surface area contributed by atoms with Crippen molar-refractivity contribution in [1.29, 1.82) is 0 Å². The summed E-state index contributed by atoms with van der Waals surface area (Å²) in [6.07, 6.45) is 8.36. The lowest BCUT2D eigenvalue weighted by Crippen LogP contribution is -2.57. The number of benzene rings is 3. The van der Waals surface area contributed by atoms with Crippen LogP contribution in [-0.2, 0) is 38.4 Å². The highest BCUT2D eigenvalue weighted by Crippen LogP contribution is 2.39. The summed E-state index contributed by atoms with van der Waals surface area (Å²) in [7, 11) is 0. The smallest absolute Gasteiger partial charge is 0.262 e. The molecule has 4 heterocycles. The molecule has 0 bridgehead atoms. The molecular weight excluding hydrogens is 741 g/mol. The number of phenolic OH excluding ortho intramolecular Hbond substituents is 1. The third-order valence-electron chi connectivity index (χ3n) is 12.1. The van der Waals surface area contributed by atoms with Crippen LogP contribution in [0.3, 0.4) is 0 Å². The van der Waals surface area contributed by atoms with Gasteiger partial charge in [0.15, 0.2) is 12.4 Å². The normalized spacial score (nSPS) is 18.5. The number of carbonyl (C=O) groups is 2. The summed E-state index contributed by atoms with van der Waals surface area (Å²) in [5, 5.41) is 17.6. The number of rotatable bonds is 16. The molecule has 1 aromatic heterocycles. The number of hydrogen-bond donors (Lipinski definition) is 3. The number of ether oxygens (including phenoxy) is 3. The fourth-order valence-electron chi connectivity index (χ4n) is 8.97. The molecule has 0 radical (unpaired) electrons. The van der Waals surface area contributed by atoms with Gasteiger partial charge in [0.25, 0.3) is 5.91 Å². The summed E-state index contributed by atoms with van der Waals surface area (Å²) in [4.78, 5) is 32.2. The van der Waals surface area contributed by atoms with Gasteiger partial charge in [0, 0.05) is 57.2 Å². The summed E-state index contributed by atoms with van der Waals surface area (Å²) >= 11 is 1.58. The van der Waals surface area contributed by atoms with Crippen molar-refractivity contribution in [2.45, 2.75) is 76.0 Å². The first-order valence-corrected chi connectivity index (χ1v) is 21.6. The molecule has 8 rings (SSSR count). The number of amides is 2. The Morgan fingerprint density at radius 3 is 2.74 bits per heavy atom. The zero-order valence-electron chi connectivity index (χ0n) is 32.9. The van der Waals surface area contributed by atoms with Crippen molar-refractivity contribution in [3.05, 3.63) is 77.4 Å².